The second-order valence-electron chi connectivity index (χ2n) is 7.14. The van der Waals surface area contributed by atoms with E-state index in [2.05, 4.69) is 17.4 Å². The van der Waals surface area contributed by atoms with Crippen molar-refractivity contribution in [3.8, 4) is 0 Å². The van der Waals surface area contributed by atoms with Gasteiger partial charge in [0.25, 0.3) is 11.8 Å². The number of anilines is 1. The maximum Gasteiger partial charge on any atom is 0.254 e. The molecule has 5 heteroatoms. The molecule has 27 heavy (non-hydrogen) atoms. The number of ether oxygens (including phenoxy) is 1. The van der Waals surface area contributed by atoms with E-state index >= 15 is 0 Å². The third-order valence-corrected chi connectivity index (χ3v) is 5.30. The van der Waals surface area contributed by atoms with Crippen LogP contribution in [0.15, 0.2) is 54.6 Å². The van der Waals surface area contributed by atoms with Crippen LogP contribution in [0.1, 0.15) is 47.6 Å². The molecule has 2 atom stereocenters. The van der Waals surface area contributed by atoms with Gasteiger partial charge in [0.1, 0.15) is 6.10 Å². The maximum absolute atomic E-state index is 13.1. The van der Waals surface area contributed by atoms with Crippen LogP contribution < -0.4 is 5.32 Å². The van der Waals surface area contributed by atoms with Crippen LogP contribution in [0.5, 0.6) is 0 Å². The van der Waals surface area contributed by atoms with E-state index in [1.807, 2.05) is 41.3 Å². The first-order valence-corrected chi connectivity index (χ1v) is 9.61. The number of hydrogen-bond acceptors (Lipinski definition) is 3. The van der Waals surface area contributed by atoms with Crippen LogP contribution in [0, 0.1) is 0 Å². The standard InChI is InChI=1S/C22H24N2O3/c25-21(20-12-6-14-27-20)23-18-10-4-9-17(15-18)22(26)24-13-5-11-19(24)16-7-2-1-3-8-16/h1-4,7-10,15,19-20H,5-6,11-14H2,(H,23,25). The highest BCUT2D eigenvalue weighted by molar-refractivity contribution is 5.98. The van der Waals surface area contributed by atoms with Crippen molar-refractivity contribution in [2.45, 2.75) is 37.8 Å². The first-order chi connectivity index (χ1) is 13.2. The first-order valence-electron chi connectivity index (χ1n) is 9.61. The third kappa shape index (κ3) is 3.88. The Bertz CT molecular complexity index is 815. The summed E-state index contributed by atoms with van der Waals surface area (Å²) < 4.78 is 5.42. The van der Waals surface area contributed by atoms with Gasteiger partial charge in [-0.3, -0.25) is 9.59 Å². The molecule has 0 aliphatic carbocycles. The van der Waals surface area contributed by atoms with Crippen molar-refractivity contribution < 1.29 is 14.3 Å². The molecule has 0 radical (unpaired) electrons. The van der Waals surface area contributed by atoms with Crippen LogP contribution in [-0.2, 0) is 9.53 Å². The summed E-state index contributed by atoms with van der Waals surface area (Å²) in [6.07, 6.45) is 3.25. The van der Waals surface area contributed by atoms with Crippen molar-refractivity contribution in [3.63, 3.8) is 0 Å². The van der Waals surface area contributed by atoms with Gasteiger partial charge in [0.2, 0.25) is 0 Å². The van der Waals surface area contributed by atoms with E-state index in [1.54, 1.807) is 6.07 Å². The smallest absolute Gasteiger partial charge is 0.254 e. The average Bonchev–Trinajstić information content (AvgIpc) is 3.40. The second kappa shape index (κ2) is 7.92. The molecule has 2 aliphatic rings. The van der Waals surface area contributed by atoms with Crippen LogP contribution in [0.4, 0.5) is 5.69 Å². The second-order valence-corrected chi connectivity index (χ2v) is 7.14. The SMILES string of the molecule is O=C(Nc1cccc(C(=O)N2CCCC2c2ccccc2)c1)C1CCCO1. The van der Waals surface area contributed by atoms with E-state index in [4.69, 9.17) is 4.74 Å². The molecule has 2 fully saturated rings. The molecular weight excluding hydrogens is 340 g/mol. The largest absolute Gasteiger partial charge is 0.368 e. The summed E-state index contributed by atoms with van der Waals surface area (Å²) >= 11 is 0. The van der Waals surface area contributed by atoms with Gasteiger partial charge < -0.3 is 15.0 Å². The van der Waals surface area contributed by atoms with Gasteiger partial charge in [-0.25, -0.2) is 0 Å². The molecule has 140 valence electrons. The number of carbonyl (C=O) groups excluding carboxylic acids is 2. The molecule has 4 rings (SSSR count). The van der Waals surface area contributed by atoms with Crippen LogP contribution in [0.3, 0.4) is 0 Å². The highest BCUT2D eigenvalue weighted by Crippen LogP contribution is 2.33. The Morgan fingerprint density at radius 3 is 2.63 bits per heavy atom. The predicted octanol–water partition coefficient (Wildman–Crippen LogP) is 3.78. The molecule has 2 aromatic carbocycles. The Morgan fingerprint density at radius 2 is 1.85 bits per heavy atom. The lowest BCUT2D eigenvalue weighted by molar-refractivity contribution is -0.124. The molecule has 0 saturated carbocycles. The van der Waals surface area contributed by atoms with Gasteiger partial charge >= 0.3 is 0 Å². The number of likely N-dealkylation sites (tertiary alicyclic amines) is 1. The Labute approximate surface area is 159 Å². The van der Waals surface area contributed by atoms with Crippen molar-refractivity contribution in [3.05, 3.63) is 65.7 Å². The minimum atomic E-state index is -0.384. The zero-order chi connectivity index (χ0) is 18.6. The molecule has 1 N–H and O–H groups in total. The molecule has 2 unspecified atom stereocenters. The van der Waals surface area contributed by atoms with Gasteiger partial charge in [0, 0.05) is 24.4 Å². The Kier molecular flexibility index (Phi) is 5.21. The third-order valence-electron chi connectivity index (χ3n) is 5.30. The lowest BCUT2D eigenvalue weighted by Gasteiger charge is -2.25. The number of hydrogen-bond donors (Lipinski definition) is 1. The Morgan fingerprint density at radius 1 is 1.00 bits per heavy atom. The van der Waals surface area contributed by atoms with Crippen molar-refractivity contribution >= 4 is 17.5 Å². The normalized spacial score (nSPS) is 22.0. The lowest BCUT2D eigenvalue weighted by atomic mass is 10.0. The Balaban J connectivity index is 1.49. The zero-order valence-electron chi connectivity index (χ0n) is 15.3. The molecular formula is C22H24N2O3. The minimum absolute atomic E-state index is 0.00886. The highest BCUT2D eigenvalue weighted by atomic mass is 16.5. The molecule has 0 spiro atoms. The first kappa shape index (κ1) is 17.7. The van der Waals surface area contributed by atoms with Crippen LogP contribution in [-0.4, -0.2) is 36.0 Å². The number of benzene rings is 2. The van der Waals surface area contributed by atoms with Crippen molar-refractivity contribution in [2.75, 3.05) is 18.5 Å². The average molecular weight is 364 g/mol. The van der Waals surface area contributed by atoms with Crippen LogP contribution >= 0.6 is 0 Å². The van der Waals surface area contributed by atoms with E-state index in [0.29, 0.717) is 17.9 Å². The Hall–Kier alpha value is -2.66. The van der Waals surface area contributed by atoms with Crippen molar-refractivity contribution in [2.24, 2.45) is 0 Å². The van der Waals surface area contributed by atoms with Gasteiger partial charge in [-0.2, -0.15) is 0 Å². The highest BCUT2D eigenvalue weighted by Gasteiger charge is 2.30. The van der Waals surface area contributed by atoms with Gasteiger partial charge in [-0.05, 0) is 49.4 Å². The summed E-state index contributed by atoms with van der Waals surface area (Å²) in [5, 5.41) is 2.88. The summed E-state index contributed by atoms with van der Waals surface area (Å²) in [5.74, 6) is -0.130. The molecule has 2 heterocycles. The number of rotatable bonds is 4. The fourth-order valence-corrected chi connectivity index (χ4v) is 3.93. The van der Waals surface area contributed by atoms with E-state index in [-0.39, 0.29) is 24.0 Å². The van der Waals surface area contributed by atoms with Gasteiger partial charge in [0.05, 0.1) is 6.04 Å². The number of nitrogens with one attached hydrogen (secondary N) is 1. The van der Waals surface area contributed by atoms with E-state index in [0.717, 1.165) is 32.2 Å². The summed E-state index contributed by atoms with van der Waals surface area (Å²) in [5.41, 5.74) is 2.41. The summed E-state index contributed by atoms with van der Waals surface area (Å²) in [4.78, 5) is 27.3. The quantitative estimate of drug-likeness (QED) is 0.898. The number of carbonyl (C=O) groups is 2. The van der Waals surface area contributed by atoms with Gasteiger partial charge in [-0.15, -0.1) is 0 Å². The number of nitrogens with zero attached hydrogens (tertiary/aromatic N) is 1. The fourth-order valence-electron chi connectivity index (χ4n) is 3.93. The molecule has 5 nitrogen and oxygen atoms in total. The van der Waals surface area contributed by atoms with Gasteiger partial charge in [0.15, 0.2) is 0 Å². The summed E-state index contributed by atoms with van der Waals surface area (Å²) in [6, 6.07) is 17.5. The van der Waals surface area contributed by atoms with E-state index < -0.39 is 0 Å². The summed E-state index contributed by atoms with van der Waals surface area (Å²) in [6.45, 7) is 1.39. The lowest BCUT2D eigenvalue weighted by Crippen LogP contribution is -2.31. The molecule has 2 aromatic rings. The fraction of sp³-hybridized carbons (Fsp3) is 0.364. The molecule has 0 bridgehead atoms. The maximum atomic E-state index is 13.1. The van der Waals surface area contributed by atoms with Crippen LogP contribution in [0.2, 0.25) is 0 Å². The van der Waals surface area contributed by atoms with Gasteiger partial charge in [-0.1, -0.05) is 36.4 Å². The van der Waals surface area contributed by atoms with E-state index in [1.165, 1.54) is 5.56 Å². The molecule has 2 amide bonds. The van der Waals surface area contributed by atoms with E-state index in [9.17, 15) is 9.59 Å². The molecule has 0 aromatic heterocycles. The summed E-state index contributed by atoms with van der Waals surface area (Å²) in [7, 11) is 0. The molecule has 2 aliphatic heterocycles. The van der Waals surface area contributed by atoms with Crippen LogP contribution in [0.25, 0.3) is 0 Å². The number of amides is 2. The van der Waals surface area contributed by atoms with Crippen molar-refractivity contribution in [1.82, 2.24) is 4.90 Å². The zero-order valence-corrected chi connectivity index (χ0v) is 15.3. The predicted molar refractivity (Wildman–Crippen MR) is 103 cm³/mol. The van der Waals surface area contributed by atoms with Crippen molar-refractivity contribution in [1.29, 1.82) is 0 Å². The topological polar surface area (TPSA) is 58.6 Å². The minimum Gasteiger partial charge on any atom is -0.368 e. The molecule has 2 saturated heterocycles. The monoisotopic (exact) mass is 364 g/mol.